The predicted octanol–water partition coefficient (Wildman–Crippen LogP) is 0.670. The van der Waals surface area contributed by atoms with Gasteiger partial charge >= 0.3 is 11.9 Å². The first kappa shape index (κ1) is 20.9. The van der Waals surface area contributed by atoms with Gasteiger partial charge in [0.25, 0.3) is 0 Å². The van der Waals surface area contributed by atoms with E-state index in [2.05, 4.69) is 10.6 Å². The van der Waals surface area contributed by atoms with Crippen LogP contribution in [0.5, 0.6) is 0 Å². The minimum atomic E-state index is -1.15. The van der Waals surface area contributed by atoms with E-state index >= 15 is 0 Å². The average Bonchev–Trinajstić information content (AvgIpc) is 2.44. The molecule has 0 saturated carbocycles. The molecule has 0 rings (SSSR count). The van der Waals surface area contributed by atoms with Gasteiger partial charge in [-0.3, -0.25) is 19.2 Å². The Morgan fingerprint density at radius 1 is 0.783 bits per heavy atom. The lowest BCUT2D eigenvalue weighted by Gasteiger charge is -2.29. The summed E-state index contributed by atoms with van der Waals surface area (Å²) in [5, 5.41) is 22.9. The van der Waals surface area contributed by atoms with Crippen LogP contribution in [0.4, 0.5) is 0 Å². The fourth-order valence-corrected chi connectivity index (χ4v) is 1.67. The van der Waals surface area contributed by atoms with Crippen molar-refractivity contribution in [2.24, 2.45) is 22.7 Å². The molecule has 0 spiro atoms. The second-order valence-corrected chi connectivity index (χ2v) is 6.75. The van der Waals surface area contributed by atoms with Gasteiger partial charge < -0.3 is 20.8 Å². The number of aliphatic carboxylic acids is 2. The van der Waals surface area contributed by atoms with Crippen LogP contribution in [0.15, 0.2) is 0 Å². The third-order valence-electron chi connectivity index (χ3n) is 4.57. The highest BCUT2D eigenvalue weighted by atomic mass is 16.4. The van der Waals surface area contributed by atoms with Crippen LogP contribution in [0.25, 0.3) is 0 Å². The largest absolute Gasteiger partial charge is 0.481 e. The van der Waals surface area contributed by atoms with Crippen molar-refractivity contribution >= 4 is 23.8 Å². The molecule has 2 amide bonds. The normalized spacial score (nSPS) is 14.5. The van der Waals surface area contributed by atoms with Crippen molar-refractivity contribution in [3.8, 4) is 0 Å². The Hall–Kier alpha value is -2.12. The van der Waals surface area contributed by atoms with Gasteiger partial charge in [-0.1, -0.05) is 41.5 Å². The summed E-state index contributed by atoms with van der Waals surface area (Å²) in [6.45, 7) is 8.65. The molecule has 2 atom stereocenters. The lowest BCUT2D eigenvalue weighted by atomic mass is 9.79. The maximum Gasteiger partial charge on any atom is 0.307 e. The lowest BCUT2D eigenvalue weighted by Crippen LogP contribution is -2.50. The highest BCUT2D eigenvalue weighted by Crippen LogP contribution is 2.28. The predicted molar refractivity (Wildman–Crippen MR) is 82.3 cm³/mol. The van der Waals surface area contributed by atoms with Crippen LogP contribution in [0.1, 0.15) is 41.5 Å². The Bertz CT molecular complexity index is 454. The molecule has 0 aromatic rings. The van der Waals surface area contributed by atoms with Crippen LogP contribution in [0, 0.1) is 22.7 Å². The van der Waals surface area contributed by atoms with Gasteiger partial charge in [0.2, 0.25) is 11.8 Å². The second kappa shape index (κ2) is 7.43. The van der Waals surface area contributed by atoms with Crippen molar-refractivity contribution in [1.82, 2.24) is 10.6 Å². The zero-order valence-electron chi connectivity index (χ0n) is 14.4. The van der Waals surface area contributed by atoms with Crippen LogP contribution < -0.4 is 10.6 Å². The first-order valence-electron chi connectivity index (χ1n) is 7.28. The molecular formula is C15H26N2O6. The van der Waals surface area contributed by atoms with Crippen LogP contribution in [0.2, 0.25) is 0 Å². The van der Waals surface area contributed by atoms with E-state index in [9.17, 15) is 19.2 Å². The molecule has 0 aliphatic rings. The molecule has 0 aromatic carbocycles. The Kier molecular flexibility index (Phi) is 6.75. The van der Waals surface area contributed by atoms with E-state index in [-0.39, 0.29) is 6.67 Å². The quantitative estimate of drug-likeness (QED) is 0.483. The molecule has 0 bridgehead atoms. The molecule has 0 saturated heterocycles. The van der Waals surface area contributed by atoms with Crippen molar-refractivity contribution in [2.75, 3.05) is 6.67 Å². The zero-order chi connectivity index (χ0) is 18.6. The number of carboxylic acids is 2. The maximum atomic E-state index is 12.1. The van der Waals surface area contributed by atoms with Crippen molar-refractivity contribution in [3.05, 3.63) is 0 Å². The number of amides is 2. The summed E-state index contributed by atoms with van der Waals surface area (Å²) >= 11 is 0. The van der Waals surface area contributed by atoms with Crippen molar-refractivity contribution < 1.29 is 29.4 Å². The van der Waals surface area contributed by atoms with E-state index in [1.807, 2.05) is 0 Å². The zero-order valence-corrected chi connectivity index (χ0v) is 14.4. The fourth-order valence-electron chi connectivity index (χ4n) is 1.67. The summed E-state index contributed by atoms with van der Waals surface area (Å²) in [7, 11) is 0. The number of rotatable bonds is 8. The summed E-state index contributed by atoms with van der Waals surface area (Å²) in [4.78, 5) is 46.1. The molecule has 132 valence electrons. The van der Waals surface area contributed by atoms with Gasteiger partial charge in [-0.05, 0) is 0 Å². The third-order valence-corrected chi connectivity index (χ3v) is 4.57. The molecule has 0 aliphatic heterocycles. The van der Waals surface area contributed by atoms with E-state index in [1.165, 1.54) is 41.5 Å². The molecule has 4 N–H and O–H groups in total. The number of carboxylic acid groups (broad SMARTS) is 2. The first-order valence-corrected chi connectivity index (χ1v) is 7.28. The average molecular weight is 330 g/mol. The number of carbonyl (C=O) groups is 4. The van der Waals surface area contributed by atoms with Crippen LogP contribution >= 0.6 is 0 Å². The summed E-state index contributed by atoms with van der Waals surface area (Å²) in [6, 6.07) is 0. The molecule has 0 radical (unpaired) electrons. The monoisotopic (exact) mass is 330 g/mol. The molecule has 0 aromatic heterocycles. The maximum absolute atomic E-state index is 12.1. The van der Waals surface area contributed by atoms with Crippen molar-refractivity contribution in [2.45, 2.75) is 41.5 Å². The number of hydrogen-bond acceptors (Lipinski definition) is 4. The van der Waals surface area contributed by atoms with Crippen LogP contribution in [-0.4, -0.2) is 40.6 Å². The van der Waals surface area contributed by atoms with Gasteiger partial charge in [0.15, 0.2) is 0 Å². The SMILES string of the molecule is CC(C(=O)O)C(C)(C)C(=O)NCNC(=O)C(C)(C)C(C)C(=O)O. The second-order valence-electron chi connectivity index (χ2n) is 6.75. The Balaban J connectivity index is 4.67. The number of carbonyl (C=O) groups excluding carboxylic acids is 2. The van der Waals surface area contributed by atoms with Gasteiger partial charge in [-0.15, -0.1) is 0 Å². The Morgan fingerprint density at radius 2 is 1.04 bits per heavy atom. The molecule has 0 aliphatic carbocycles. The van der Waals surface area contributed by atoms with Gasteiger partial charge in [-0.2, -0.15) is 0 Å². The van der Waals surface area contributed by atoms with E-state index in [1.54, 1.807) is 0 Å². The summed E-state index contributed by atoms with van der Waals surface area (Å²) in [5.41, 5.74) is -2.30. The van der Waals surface area contributed by atoms with Gasteiger partial charge in [-0.25, -0.2) is 0 Å². The molecule has 0 fully saturated rings. The van der Waals surface area contributed by atoms with Gasteiger partial charge in [0, 0.05) is 0 Å². The van der Waals surface area contributed by atoms with Gasteiger partial charge in [0.05, 0.1) is 29.3 Å². The molecular weight excluding hydrogens is 304 g/mol. The summed E-state index contributed by atoms with van der Waals surface area (Å²) < 4.78 is 0. The topological polar surface area (TPSA) is 133 Å². The van der Waals surface area contributed by atoms with E-state index in [4.69, 9.17) is 10.2 Å². The van der Waals surface area contributed by atoms with Crippen LogP contribution in [-0.2, 0) is 19.2 Å². The van der Waals surface area contributed by atoms with Crippen molar-refractivity contribution in [3.63, 3.8) is 0 Å². The fraction of sp³-hybridized carbons (Fsp3) is 0.733. The van der Waals surface area contributed by atoms with Crippen molar-refractivity contribution in [1.29, 1.82) is 0 Å². The van der Waals surface area contributed by atoms with E-state index < -0.39 is 46.4 Å². The smallest absolute Gasteiger partial charge is 0.307 e. The minimum Gasteiger partial charge on any atom is -0.481 e. The lowest BCUT2D eigenvalue weighted by molar-refractivity contribution is -0.151. The van der Waals surface area contributed by atoms with E-state index in [0.29, 0.717) is 0 Å². The molecule has 23 heavy (non-hydrogen) atoms. The number of hydrogen-bond donors (Lipinski definition) is 4. The first-order chi connectivity index (χ1) is 10.3. The standard InChI is InChI=1S/C15H26N2O6/c1-8(10(18)19)14(3,4)12(22)16-7-17-13(23)15(5,6)9(2)11(20)21/h8-9H,7H2,1-6H3,(H,16,22)(H,17,23)(H,18,19)(H,20,21). The molecule has 8 heteroatoms. The van der Waals surface area contributed by atoms with E-state index in [0.717, 1.165) is 0 Å². The number of nitrogens with one attached hydrogen (secondary N) is 2. The highest BCUT2D eigenvalue weighted by Gasteiger charge is 2.40. The summed E-state index contributed by atoms with van der Waals surface area (Å²) in [6.07, 6.45) is 0. The Labute approximate surface area is 135 Å². The van der Waals surface area contributed by atoms with Gasteiger partial charge in [0.1, 0.15) is 0 Å². The minimum absolute atomic E-state index is 0.205. The molecule has 2 unspecified atom stereocenters. The molecule has 0 heterocycles. The van der Waals surface area contributed by atoms with Crippen LogP contribution in [0.3, 0.4) is 0 Å². The highest BCUT2D eigenvalue weighted by molar-refractivity contribution is 5.89. The molecule has 8 nitrogen and oxygen atoms in total. The third kappa shape index (κ3) is 4.94. The summed E-state index contributed by atoms with van der Waals surface area (Å²) in [5.74, 6) is -5.02. The Morgan fingerprint density at radius 3 is 1.26 bits per heavy atom.